The highest BCUT2D eigenvalue weighted by Gasteiger charge is 2.17. The molecule has 0 radical (unpaired) electrons. The molecule has 0 spiro atoms. The maximum absolute atomic E-state index is 2.37. The molecule has 9 aromatic rings. The smallest absolute Gasteiger partial charge is 0.0462 e. The minimum absolute atomic E-state index is 1.11. The first-order valence-electron chi connectivity index (χ1n) is 18.2. The third-order valence-electron chi connectivity index (χ3n) is 10.6. The third kappa shape index (κ3) is 5.69. The molecule has 248 valence electrons. The second-order valence-corrected chi connectivity index (χ2v) is 13.8. The van der Waals surface area contributed by atoms with Gasteiger partial charge in [0, 0.05) is 17.1 Å². The molecule has 10 rings (SSSR count). The van der Waals surface area contributed by atoms with E-state index in [1.165, 1.54) is 77.2 Å². The largest absolute Gasteiger partial charge is 0.311 e. The highest BCUT2D eigenvalue weighted by atomic mass is 15.1. The van der Waals surface area contributed by atoms with E-state index < -0.39 is 0 Å². The van der Waals surface area contributed by atoms with Crippen LogP contribution in [0.15, 0.2) is 200 Å². The SMILES string of the molecule is C1=Cc2cc(-c3ccc(N(c4ccc(-c5ccccc5)cc4)c4ccc(-c5ccc6ccccc6c5)cc4)cc3)cc3c(-c4ccccc4)ccc1c23. The normalized spacial score (nSPS) is 11.7. The first-order valence-corrected chi connectivity index (χ1v) is 18.2. The van der Waals surface area contributed by atoms with Crippen molar-refractivity contribution in [2.45, 2.75) is 0 Å². The van der Waals surface area contributed by atoms with Gasteiger partial charge in [0.15, 0.2) is 0 Å². The summed E-state index contributed by atoms with van der Waals surface area (Å²) in [6.07, 6.45) is 4.50. The summed E-state index contributed by atoms with van der Waals surface area (Å²) in [5, 5.41) is 5.14. The van der Waals surface area contributed by atoms with E-state index in [4.69, 9.17) is 0 Å². The molecule has 0 fully saturated rings. The predicted octanol–water partition coefficient (Wildman–Crippen LogP) is 14.6. The lowest BCUT2D eigenvalue weighted by Gasteiger charge is -2.26. The highest BCUT2D eigenvalue weighted by Crippen LogP contribution is 2.42. The van der Waals surface area contributed by atoms with Gasteiger partial charge in [0.2, 0.25) is 0 Å². The number of benzene rings is 9. The number of hydrogen-bond donors (Lipinski definition) is 0. The first-order chi connectivity index (χ1) is 26.2. The number of anilines is 3. The summed E-state index contributed by atoms with van der Waals surface area (Å²) in [4.78, 5) is 2.35. The van der Waals surface area contributed by atoms with Crippen LogP contribution in [-0.4, -0.2) is 0 Å². The number of rotatable bonds is 7. The van der Waals surface area contributed by atoms with Gasteiger partial charge in [0.05, 0.1) is 0 Å². The van der Waals surface area contributed by atoms with Gasteiger partial charge in [-0.2, -0.15) is 0 Å². The molecule has 0 atom stereocenters. The van der Waals surface area contributed by atoms with E-state index in [1.807, 2.05) is 0 Å². The molecule has 0 amide bonds. The molecule has 1 heteroatoms. The molecule has 0 bridgehead atoms. The predicted molar refractivity (Wildman–Crippen MR) is 227 cm³/mol. The summed E-state index contributed by atoms with van der Waals surface area (Å²) >= 11 is 0. The fourth-order valence-corrected chi connectivity index (χ4v) is 7.89. The minimum Gasteiger partial charge on any atom is -0.311 e. The van der Waals surface area contributed by atoms with E-state index in [9.17, 15) is 0 Å². The molecule has 0 heterocycles. The van der Waals surface area contributed by atoms with Gasteiger partial charge >= 0.3 is 0 Å². The zero-order chi connectivity index (χ0) is 35.1. The molecule has 0 aliphatic heterocycles. The maximum Gasteiger partial charge on any atom is 0.0462 e. The van der Waals surface area contributed by atoms with Gasteiger partial charge in [-0.25, -0.2) is 0 Å². The third-order valence-corrected chi connectivity index (χ3v) is 10.6. The fourth-order valence-electron chi connectivity index (χ4n) is 7.89. The van der Waals surface area contributed by atoms with Gasteiger partial charge in [-0.05, 0) is 132 Å². The summed E-state index contributed by atoms with van der Waals surface area (Å²) in [5.41, 5.74) is 15.7. The molecule has 1 aliphatic carbocycles. The molecule has 1 aliphatic rings. The van der Waals surface area contributed by atoms with Crippen molar-refractivity contribution >= 4 is 50.8 Å². The van der Waals surface area contributed by atoms with Crippen molar-refractivity contribution in [3.05, 3.63) is 211 Å². The van der Waals surface area contributed by atoms with Gasteiger partial charge < -0.3 is 4.90 Å². The maximum atomic E-state index is 2.37. The Morgan fingerprint density at radius 3 is 1.42 bits per heavy atom. The molecular formula is C52H35N. The Kier molecular flexibility index (Phi) is 7.55. The summed E-state index contributed by atoms with van der Waals surface area (Å²) in [6, 6.07) is 72.7. The van der Waals surface area contributed by atoms with Crippen LogP contribution in [0.3, 0.4) is 0 Å². The van der Waals surface area contributed by atoms with Crippen molar-refractivity contribution in [2.75, 3.05) is 4.90 Å². The van der Waals surface area contributed by atoms with Crippen LogP contribution >= 0.6 is 0 Å². The molecule has 0 saturated heterocycles. The van der Waals surface area contributed by atoms with Crippen LogP contribution in [-0.2, 0) is 0 Å². The molecule has 0 unspecified atom stereocenters. The number of nitrogens with zero attached hydrogens (tertiary/aromatic N) is 1. The van der Waals surface area contributed by atoms with E-state index in [1.54, 1.807) is 0 Å². The Labute approximate surface area is 310 Å². The summed E-state index contributed by atoms with van der Waals surface area (Å²) in [6.45, 7) is 0. The molecule has 0 N–H and O–H groups in total. The summed E-state index contributed by atoms with van der Waals surface area (Å²) < 4.78 is 0. The Morgan fingerprint density at radius 2 is 0.774 bits per heavy atom. The zero-order valence-electron chi connectivity index (χ0n) is 29.2. The highest BCUT2D eigenvalue weighted by molar-refractivity contribution is 6.11. The standard InChI is InChI=1S/C52H35N/c1-3-9-36(10-4-1)38-19-26-47(27-20-38)53(48-28-21-39(22-29-48)44-17-15-37-11-7-8-14-43(37)33-44)49-30-23-40(24-31-49)46-34-45-18-16-42-25-32-50(51(35-46)52(42)45)41-12-5-2-6-13-41/h1-35H. The number of hydrogen-bond acceptors (Lipinski definition) is 1. The second-order valence-electron chi connectivity index (χ2n) is 13.8. The van der Waals surface area contributed by atoms with E-state index in [0.29, 0.717) is 0 Å². The topological polar surface area (TPSA) is 3.24 Å². The quantitative estimate of drug-likeness (QED) is 0.163. The van der Waals surface area contributed by atoms with Gasteiger partial charge in [-0.3, -0.25) is 0 Å². The summed E-state index contributed by atoms with van der Waals surface area (Å²) in [5.74, 6) is 0. The van der Waals surface area contributed by atoms with Crippen LogP contribution in [0.2, 0.25) is 0 Å². The minimum atomic E-state index is 1.11. The zero-order valence-corrected chi connectivity index (χ0v) is 29.2. The summed E-state index contributed by atoms with van der Waals surface area (Å²) in [7, 11) is 0. The average Bonchev–Trinajstić information content (AvgIpc) is 3.66. The van der Waals surface area contributed by atoms with Crippen LogP contribution in [0.4, 0.5) is 17.1 Å². The van der Waals surface area contributed by atoms with E-state index >= 15 is 0 Å². The van der Waals surface area contributed by atoms with Crippen molar-refractivity contribution in [1.29, 1.82) is 0 Å². The van der Waals surface area contributed by atoms with E-state index in [-0.39, 0.29) is 0 Å². The first kappa shape index (κ1) is 30.8. The lowest BCUT2D eigenvalue weighted by molar-refractivity contribution is 1.28. The Hall–Kier alpha value is -6.96. The van der Waals surface area contributed by atoms with Crippen LogP contribution < -0.4 is 4.90 Å². The van der Waals surface area contributed by atoms with E-state index in [0.717, 1.165) is 17.1 Å². The Bertz CT molecular complexity index is 2780. The Balaban J connectivity index is 1.04. The van der Waals surface area contributed by atoms with Crippen LogP contribution in [0.25, 0.3) is 78.2 Å². The van der Waals surface area contributed by atoms with Gasteiger partial charge in [-0.15, -0.1) is 0 Å². The number of fused-ring (bicyclic) bond motifs is 1. The van der Waals surface area contributed by atoms with Crippen LogP contribution in [0.5, 0.6) is 0 Å². The monoisotopic (exact) mass is 673 g/mol. The van der Waals surface area contributed by atoms with E-state index in [2.05, 4.69) is 217 Å². The van der Waals surface area contributed by atoms with Crippen molar-refractivity contribution in [3.63, 3.8) is 0 Å². The van der Waals surface area contributed by atoms with Crippen molar-refractivity contribution in [3.8, 4) is 44.5 Å². The lowest BCUT2D eigenvalue weighted by Crippen LogP contribution is -2.09. The fraction of sp³-hybridized carbons (Fsp3) is 0. The molecule has 1 nitrogen and oxygen atoms in total. The van der Waals surface area contributed by atoms with Crippen LogP contribution in [0.1, 0.15) is 11.1 Å². The molecule has 0 aromatic heterocycles. The van der Waals surface area contributed by atoms with Gasteiger partial charge in [-0.1, -0.05) is 158 Å². The molecule has 53 heavy (non-hydrogen) atoms. The molecule has 9 aromatic carbocycles. The van der Waals surface area contributed by atoms with Gasteiger partial charge in [0.1, 0.15) is 0 Å². The van der Waals surface area contributed by atoms with Crippen molar-refractivity contribution < 1.29 is 0 Å². The van der Waals surface area contributed by atoms with Crippen molar-refractivity contribution in [2.24, 2.45) is 0 Å². The Morgan fingerprint density at radius 1 is 0.283 bits per heavy atom. The van der Waals surface area contributed by atoms with Gasteiger partial charge in [0.25, 0.3) is 0 Å². The van der Waals surface area contributed by atoms with Crippen LogP contribution in [0, 0.1) is 0 Å². The molecular weight excluding hydrogens is 639 g/mol. The second kappa shape index (κ2) is 13.0. The van der Waals surface area contributed by atoms with Crippen molar-refractivity contribution in [1.82, 2.24) is 0 Å². The molecule has 0 saturated carbocycles. The average molecular weight is 674 g/mol. The lowest BCUT2D eigenvalue weighted by atomic mass is 9.91.